The van der Waals surface area contributed by atoms with Crippen molar-refractivity contribution in [2.24, 2.45) is 0 Å². The molecule has 0 unspecified atom stereocenters. The highest BCUT2D eigenvalue weighted by Gasteiger charge is 2.27. The molecule has 2 N–H and O–H groups in total. The summed E-state index contributed by atoms with van der Waals surface area (Å²) >= 11 is 1.52. The van der Waals surface area contributed by atoms with Crippen LogP contribution >= 0.6 is 11.8 Å². The van der Waals surface area contributed by atoms with Crippen molar-refractivity contribution in [3.05, 3.63) is 17.7 Å². The number of hydrogen-bond acceptors (Lipinski definition) is 5. The monoisotopic (exact) mass is 305 g/mol. The van der Waals surface area contributed by atoms with Gasteiger partial charge in [-0.1, -0.05) is 0 Å². The lowest BCUT2D eigenvalue weighted by Gasteiger charge is -2.21. The first-order valence-corrected chi connectivity index (χ1v) is 7.44. The SMILES string of the molecule is CSc1cc2c(cc1CNCC(F)(F)CO)OCCO2. The van der Waals surface area contributed by atoms with E-state index in [-0.39, 0.29) is 6.54 Å². The van der Waals surface area contributed by atoms with Gasteiger partial charge in [0, 0.05) is 11.4 Å². The predicted molar refractivity (Wildman–Crippen MR) is 73.0 cm³/mol. The van der Waals surface area contributed by atoms with Crippen LogP contribution in [0.3, 0.4) is 0 Å². The first-order chi connectivity index (χ1) is 9.55. The number of ether oxygens (including phenoxy) is 2. The first-order valence-electron chi connectivity index (χ1n) is 6.21. The van der Waals surface area contributed by atoms with Crippen molar-refractivity contribution in [2.75, 3.05) is 32.6 Å². The number of thioether (sulfide) groups is 1. The molecule has 0 spiro atoms. The normalized spacial score (nSPS) is 14.4. The van der Waals surface area contributed by atoms with Crippen LogP contribution in [-0.2, 0) is 6.54 Å². The Bertz CT molecular complexity index is 471. The minimum atomic E-state index is -3.10. The second kappa shape index (κ2) is 6.60. The van der Waals surface area contributed by atoms with E-state index in [2.05, 4.69) is 5.32 Å². The average molecular weight is 305 g/mol. The lowest BCUT2D eigenvalue weighted by Crippen LogP contribution is -2.35. The topological polar surface area (TPSA) is 50.7 Å². The minimum Gasteiger partial charge on any atom is -0.486 e. The third-order valence-electron chi connectivity index (χ3n) is 2.88. The van der Waals surface area contributed by atoms with Crippen LogP contribution in [0.2, 0.25) is 0 Å². The second-order valence-electron chi connectivity index (χ2n) is 4.43. The van der Waals surface area contributed by atoms with E-state index in [9.17, 15) is 8.78 Å². The number of rotatable bonds is 6. The van der Waals surface area contributed by atoms with Crippen LogP contribution in [0.5, 0.6) is 11.5 Å². The van der Waals surface area contributed by atoms with Crippen molar-refractivity contribution in [2.45, 2.75) is 17.4 Å². The van der Waals surface area contributed by atoms with Crippen molar-refractivity contribution in [1.29, 1.82) is 0 Å². The smallest absolute Gasteiger partial charge is 0.282 e. The summed E-state index contributed by atoms with van der Waals surface area (Å²) in [6.07, 6.45) is 1.91. The third-order valence-corrected chi connectivity index (χ3v) is 3.70. The molecular weight excluding hydrogens is 288 g/mol. The highest BCUT2D eigenvalue weighted by atomic mass is 32.2. The van der Waals surface area contributed by atoms with E-state index >= 15 is 0 Å². The van der Waals surface area contributed by atoms with Gasteiger partial charge in [0.25, 0.3) is 5.92 Å². The maximum absolute atomic E-state index is 12.9. The first kappa shape index (κ1) is 15.3. The van der Waals surface area contributed by atoms with Gasteiger partial charge in [-0.3, -0.25) is 0 Å². The van der Waals surface area contributed by atoms with Crippen LogP contribution in [0, 0.1) is 0 Å². The summed E-state index contributed by atoms with van der Waals surface area (Å²) in [5, 5.41) is 11.2. The number of hydrogen-bond donors (Lipinski definition) is 2. The average Bonchev–Trinajstić information content (AvgIpc) is 2.46. The number of aliphatic hydroxyl groups excluding tert-OH is 1. The van der Waals surface area contributed by atoms with Gasteiger partial charge in [0.05, 0.1) is 6.54 Å². The third kappa shape index (κ3) is 3.74. The second-order valence-corrected chi connectivity index (χ2v) is 5.27. The molecule has 0 atom stereocenters. The Hall–Kier alpha value is -1.05. The number of nitrogens with one attached hydrogen (secondary N) is 1. The summed E-state index contributed by atoms with van der Waals surface area (Å²) in [6, 6.07) is 3.67. The Balaban J connectivity index is 2.06. The zero-order chi connectivity index (χ0) is 14.6. The largest absolute Gasteiger partial charge is 0.486 e. The summed E-state index contributed by atoms with van der Waals surface area (Å²) in [7, 11) is 0. The molecule has 4 nitrogen and oxygen atoms in total. The Kier molecular flexibility index (Phi) is 5.06. The molecule has 1 aliphatic rings. The number of alkyl halides is 2. The van der Waals surface area contributed by atoms with Crippen molar-refractivity contribution in [3.63, 3.8) is 0 Å². The molecule has 0 amide bonds. The van der Waals surface area contributed by atoms with Gasteiger partial charge in [-0.2, -0.15) is 0 Å². The Morgan fingerprint density at radius 2 is 1.95 bits per heavy atom. The molecule has 1 heterocycles. The summed E-state index contributed by atoms with van der Waals surface area (Å²) < 4.78 is 36.9. The van der Waals surface area contributed by atoms with Crippen molar-refractivity contribution < 1.29 is 23.4 Å². The molecule has 1 aromatic rings. The molecule has 0 aliphatic carbocycles. The summed E-state index contributed by atoms with van der Waals surface area (Å²) in [4.78, 5) is 0.953. The van der Waals surface area contributed by atoms with Crippen molar-refractivity contribution >= 4 is 11.8 Å². The molecular formula is C13H17F2NO3S. The molecule has 20 heavy (non-hydrogen) atoms. The van der Waals surface area contributed by atoms with Crippen LogP contribution in [-0.4, -0.2) is 43.7 Å². The van der Waals surface area contributed by atoms with E-state index in [4.69, 9.17) is 14.6 Å². The van der Waals surface area contributed by atoms with E-state index in [0.717, 1.165) is 10.5 Å². The number of aliphatic hydroxyl groups is 1. The van der Waals surface area contributed by atoms with E-state index in [0.29, 0.717) is 24.7 Å². The van der Waals surface area contributed by atoms with Gasteiger partial charge in [0.1, 0.15) is 19.8 Å². The van der Waals surface area contributed by atoms with Gasteiger partial charge in [-0.15, -0.1) is 11.8 Å². The van der Waals surface area contributed by atoms with E-state index in [1.165, 1.54) is 11.8 Å². The van der Waals surface area contributed by atoms with Gasteiger partial charge in [0.15, 0.2) is 11.5 Å². The molecule has 0 radical (unpaired) electrons. The highest BCUT2D eigenvalue weighted by molar-refractivity contribution is 7.98. The Morgan fingerprint density at radius 3 is 2.55 bits per heavy atom. The molecule has 7 heteroatoms. The van der Waals surface area contributed by atoms with Crippen LogP contribution in [0.15, 0.2) is 17.0 Å². The maximum Gasteiger partial charge on any atom is 0.282 e. The van der Waals surface area contributed by atoms with Crippen molar-refractivity contribution in [1.82, 2.24) is 5.32 Å². The summed E-state index contributed by atoms with van der Waals surface area (Å²) in [5.41, 5.74) is 0.871. The van der Waals surface area contributed by atoms with Gasteiger partial charge in [-0.25, -0.2) is 8.78 Å². The highest BCUT2D eigenvalue weighted by Crippen LogP contribution is 2.36. The molecule has 0 saturated heterocycles. The summed E-state index contributed by atoms with van der Waals surface area (Å²) in [5.74, 6) is -1.78. The lowest BCUT2D eigenvalue weighted by atomic mass is 10.2. The molecule has 0 fully saturated rings. The van der Waals surface area contributed by atoms with E-state index in [1.54, 1.807) is 0 Å². The Labute approximate surface area is 120 Å². The molecule has 0 saturated carbocycles. The maximum atomic E-state index is 12.9. The fourth-order valence-corrected chi connectivity index (χ4v) is 2.49. The van der Waals surface area contributed by atoms with Gasteiger partial charge < -0.3 is 19.9 Å². The standard InChI is InChI=1S/C13H17F2NO3S/c1-20-12-5-11-10(18-2-3-19-11)4-9(12)6-16-7-13(14,15)8-17/h4-5,16-17H,2-3,6-8H2,1H3. The number of halogens is 2. The van der Waals surface area contributed by atoms with Gasteiger partial charge in [-0.05, 0) is 24.0 Å². The van der Waals surface area contributed by atoms with Crippen molar-refractivity contribution in [3.8, 4) is 11.5 Å². The molecule has 0 aromatic heterocycles. The fraction of sp³-hybridized carbons (Fsp3) is 0.538. The molecule has 1 aromatic carbocycles. The molecule has 112 valence electrons. The van der Waals surface area contributed by atoms with Gasteiger partial charge >= 0.3 is 0 Å². The van der Waals surface area contributed by atoms with Crippen LogP contribution in [0.25, 0.3) is 0 Å². The summed E-state index contributed by atoms with van der Waals surface area (Å²) in [6.45, 7) is -0.438. The van der Waals surface area contributed by atoms with Crippen LogP contribution < -0.4 is 14.8 Å². The minimum absolute atomic E-state index is 0.280. The zero-order valence-corrected chi connectivity index (χ0v) is 11.9. The van der Waals surface area contributed by atoms with Crippen LogP contribution in [0.4, 0.5) is 8.78 Å². The number of fused-ring (bicyclic) bond motifs is 1. The number of benzene rings is 1. The molecule has 0 bridgehead atoms. The van der Waals surface area contributed by atoms with E-state index in [1.807, 2.05) is 18.4 Å². The quantitative estimate of drug-likeness (QED) is 0.786. The van der Waals surface area contributed by atoms with Crippen LogP contribution in [0.1, 0.15) is 5.56 Å². The Morgan fingerprint density at radius 1 is 1.30 bits per heavy atom. The fourth-order valence-electron chi connectivity index (χ4n) is 1.88. The predicted octanol–water partition coefficient (Wildman–Crippen LogP) is 1.90. The lowest BCUT2D eigenvalue weighted by molar-refractivity contribution is -0.0478. The molecule has 2 rings (SSSR count). The van der Waals surface area contributed by atoms with Gasteiger partial charge in [0.2, 0.25) is 0 Å². The molecule has 1 aliphatic heterocycles. The zero-order valence-electron chi connectivity index (χ0n) is 11.1. The van der Waals surface area contributed by atoms with E-state index < -0.39 is 19.1 Å².